The average Bonchev–Trinajstić information content (AvgIpc) is 2.77. The van der Waals surface area contributed by atoms with E-state index in [4.69, 9.17) is 4.74 Å². The number of methoxy groups -OCH3 is 1. The lowest BCUT2D eigenvalue weighted by Gasteiger charge is -2.29. The zero-order valence-corrected chi connectivity index (χ0v) is 11.6. The van der Waals surface area contributed by atoms with E-state index in [2.05, 4.69) is 6.08 Å². The maximum atomic E-state index is 12.0. The van der Waals surface area contributed by atoms with Crippen LogP contribution < -0.4 is 4.74 Å². The molecule has 0 unspecified atom stereocenters. The van der Waals surface area contributed by atoms with Crippen molar-refractivity contribution in [1.82, 2.24) is 0 Å². The first-order valence-electron chi connectivity index (χ1n) is 7.06. The maximum absolute atomic E-state index is 12.0. The molecule has 20 heavy (non-hydrogen) atoms. The Morgan fingerprint density at radius 2 is 1.85 bits per heavy atom. The number of rotatable bonds is 2. The number of allylic oxidation sites excluding steroid dienone is 2. The molecule has 0 aliphatic heterocycles. The van der Waals surface area contributed by atoms with Crippen LogP contribution in [0.15, 0.2) is 30.3 Å². The lowest BCUT2D eigenvalue weighted by Crippen LogP contribution is -2.34. The molecule has 0 N–H and O–H groups in total. The van der Waals surface area contributed by atoms with Gasteiger partial charge in [0.1, 0.15) is 17.3 Å². The highest BCUT2D eigenvalue weighted by molar-refractivity contribution is 6.13. The van der Waals surface area contributed by atoms with Crippen LogP contribution in [0.25, 0.3) is 5.57 Å². The summed E-state index contributed by atoms with van der Waals surface area (Å²) in [4.78, 5) is 24.1. The number of carbonyl (C=O) groups is 2. The summed E-state index contributed by atoms with van der Waals surface area (Å²) in [7, 11) is 1.65. The van der Waals surface area contributed by atoms with Crippen LogP contribution in [-0.2, 0) is 9.59 Å². The van der Waals surface area contributed by atoms with Gasteiger partial charge in [-0.25, -0.2) is 0 Å². The van der Waals surface area contributed by atoms with Crippen LogP contribution in [0.1, 0.15) is 37.7 Å². The van der Waals surface area contributed by atoms with Crippen molar-refractivity contribution in [2.45, 2.75) is 32.1 Å². The van der Waals surface area contributed by atoms with E-state index >= 15 is 0 Å². The number of ether oxygens (including phenoxy) is 1. The van der Waals surface area contributed by atoms with Gasteiger partial charge in [0.05, 0.1) is 12.5 Å². The molecule has 2 aliphatic rings. The van der Waals surface area contributed by atoms with Gasteiger partial charge in [0.2, 0.25) is 0 Å². The lowest BCUT2D eigenvalue weighted by molar-refractivity contribution is -0.135. The van der Waals surface area contributed by atoms with Gasteiger partial charge in [-0.1, -0.05) is 18.2 Å². The van der Waals surface area contributed by atoms with E-state index in [0.29, 0.717) is 25.7 Å². The van der Waals surface area contributed by atoms with Gasteiger partial charge in [0.25, 0.3) is 0 Å². The Balaban J connectivity index is 1.87. The van der Waals surface area contributed by atoms with Crippen molar-refractivity contribution in [3.8, 4) is 5.75 Å². The molecule has 3 heteroatoms. The fraction of sp³-hybridized carbons (Fsp3) is 0.412. The van der Waals surface area contributed by atoms with E-state index < -0.39 is 5.41 Å². The fourth-order valence-electron chi connectivity index (χ4n) is 3.30. The predicted molar refractivity (Wildman–Crippen MR) is 76.5 cm³/mol. The van der Waals surface area contributed by atoms with Gasteiger partial charge in [-0.05, 0) is 42.5 Å². The Morgan fingerprint density at radius 3 is 2.45 bits per heavy atom. The quantitative estimate of drug-likeness (QED) is 0.775. The molecule has 2 aliphatic carbocycles. The summed E-state index contributed by atoms with van der Waals surface area (Å²) in [5, 5.41) is 0. The van der Waals surface area contributed by atoms with Gasteiger partial charge < -0.3 is 4.74 Å². The zero-order chi connectivity index (χ0) is 14.2. The topological polar surface area (TPSA) is 43.4 Å². The number of Topliss-reactive ketones (excluding diaryl/α,β-unsaturated/α-hetero) is 2. The fourth-order valence-corrected chi connectivity index (χ4v) is 3.30. The van der Waals surface area contributed by atoms with Crippen molar-refractivity contribution in [3.63, 3.8) is 0 Å². The van der Waals surface area contributed by atoms with Crippen molar-refractivity contribution < 1.29 is 14.3 Å². The first kappa shape index (κ1) is 13.1. The van der Waals surface area contributed by atoms with Crippen LogP contribution in [0.5, 0.6) is 5.75 Å². The summed E-state index contributed by atoms with van der Waals surface area (Å²) in [6.45, 7) is 0. The van der Waals surface area contributed by atoms with Crippen molar-refractivity contribution in [1.29, 1.82) is 0 Å². The van der Waals surface area contributed by atoms with E-state index in [0.717, 1.165) is 17.7 Å². The molecule has 1 spiro atoms. The highest BCUT2D eigenvalue weighted by Gasteiger charge is 2.49. The molecule has 1 aromatic carbocycles. The third-order valence-electron chi connectivity index (χ3n) is 4.61. The van der Waals surface area contributed by atoms with Gasteiger partial charge >= 0.3 is 0 Å². The molecule has 0 heterocycles. The predicted octanol–water partition coefficient (Wildman–Crippen LogP) is 3.18. The van der Waals surface area contributed by atoms with Crippen molar-refractivity contribution in [2.24, 2.45) is 5.41 Å². The Hall–Kier alpha value is -1.90. The van der Waals surface area contributed by atoms with Crippen LogP contribution in [0, 0.1) is 5.41 Å². The molecule has 0 radical (unpaired) electrons. The van der Waals surface area contributed by atoms with Crippen LogP contribution >= 0.6 is 0 Å². The molecule has 1 aromatic rings. The number of ketones is 2. The van der Waals surface area contributed by atoms with Crippen molar-refractivity contribution >= 4 is 17.1 Å². The van der Waals surface area contributed by atoms with Crippen LogP contribution in [0.3, 0.4) is 0 Å². The normalized spacial score (nSPS) is 21.1. The van der Waals surface area contributed by atoms with Gasteiger partial charge in [-0.3, -0.25) is 9.59 Å². The summed E-state index contributed by atoms with van der Waals surface area (Å²) >= 11 is 0. The average molecular weight is 270 g/mol. The minimum absolute atomic E-state index is 0.142. The van der Waals surface area contributed by atoms with Gasteiger partial charge in [0, 0.05) is 12.8 Å². The van der Waals surface area contributed by atoms with Crippen LogP contribution in [-0.4, -0.2) is 18.7 Å². The number of hydrogen-bond acceptors (Lipinski definition) is 3. The van der Waals surface area contributed by atoms with E-state index in [1.165, 1.54) is 5.57 Å². The molecule has 1 fully saturated rings. The molecule has 0 bridgehead atoms. The van der Waals surface area contributed by atoms with Gasteiger partial charge in [-0.15, -0.1) is 0 Å². The molecule has 0 aromatic heterocycles. The van der Waals surface area contributed by atoms with Crippen LogP contribution in [0.4, 0.5) is 0 Å². The summed E-state index contributed by atoms with van der Waals surface area (Å²) in [5.74, 6) is 1.11. The van der Waals surface area contributed by atoms with Gasteiger partial charge in [-0.2, -0.15) is 0 Å². The molecule has 3 rings (SSSR count). The first-order valence-corrected chi connectivity index (χ1v) is 7.06. The molecule has 1 saturated carbocycles. The summed E-state index contributed by atoms with van der Waals surface area (Å²) < 4.78 is 5.24. The van der Waals surface area contributed by atoms with E-state index in [-0.39, 0.29) is 11.6 Å². The number of hydrogen-bond donors (Lipinski definition) is 0. The minimum Gasteiger partial charge on any atom is -0.497 e. The Morgan fingerprint density at radius 1 is 1.10 bits per heavy atom. The second kappa shape index (κ2) is 4.89. The maximum Gasteiger partial charge on any atom is 0.147 e. The second-order valence-corrected chi connectivity index (χ2v) is 5.59. The highest BCUT2D eigenvalue weighted by atomic mass is 16.5. The third kappa shape index (κ3) is 1.98. The molecular weight excluding hydrogens is 252 g/mol. The minimum atomic E-state index is -0.692. The van der Waals surface area contributed by atoms with E-state index in [1.807, 2.05) is 24.3 Å². The smallest absolute Gasteiger partial charge is 0.147 e. The highest BCUT2D eigenvalue weighted by Crippen LogP contribution is 2.45. The van der Waals surface area contributed by atoms with Crippen molar-refractivity contribution in [3.05, 3.63) is 35.9 Å². The SMILES string of the molecule is COc1cccc(C2=CCC3(CC2)C(=O)CCC3=O)c1. The summed E-state index contributed by atoms with van der Waals surface area (Å²) in [6, 6.07) is 7.93. The molecule has 3 nitrogen and oxygen atoms in total. The Labute approximate surface area is 118 Å². The number of carbonyl (C=O) groups excluding carboxylic acids is 2. The third-order valence-corrected chi connectivity index (χ3v) is 4.61. The van der Waals surface area contributed by atoms with Crippen molar-refractivity contribution in [2.75, 3.05) is 7.11 Å². The standard InChI is InChI=1S/C17H18O3/c1-20-14-4-2-3-13(11-14)12-7-9-17(10-8-12)15(18)5-6-16(17)19/h2-4,7,11H,5-6,8-10H2,1H3. The summed E-state index contributed by atoms with van der Waals surface area (Å²) in [6.07, 6.45) is 4.94. The van der Waals surface area contributed by atoms with Crippen LogP contribution in [0.2, 0.25) is 0 Å². The molecule has 0 atom stereocenters. The monoisotopic (exact) mass is 270 g/mol. The van der Waals surface area contributed by atoms with E-state index in [1.54, 1.807) is 7.11 Å². The second-order valence-electron chi connectivity index (χ2n) is 5.59. The molecular formula is C17H18O3. The lowest BCUT2D eigenvalue weighted by atomic mass is 9.71. The summed E-state index contributed by atoms with van der Waals surface area (Å²) in [5.41, 5.74) is 1.64. The Bertz CT molecular complexity index is 582. The molecule has 0 saturated heterocycles. The largest absolute Gasteiger partial charge is 0.497 e. The first-order chi connectivity index (χ1) is 9.65. The Kier molecular flexibility index (Phi) is 3.20. The van der Waals surface area contributed by atoms with Gasteiger partial charge in [0.15, 0.2) is 0 Å². The molecule has 0 amide bonds. The van der Waals surface area contributed by atoms with E-state index in [9.17, 15) is 9.59 Å². The number of benzene rings is 1. The molecule has 104 valence electrons. The zero-order valence-electron chi connectivity index (χ0n) is 11.6.